The molecule has 0 aliphatic carbocycles. The fourth-order valence-corrected chi connectivity index (χ4v) is 3.60. The summed E-state index contributed by atoms with van der Waals surface area (Å²) in [5.74, 6) is 0.847. The number of hydrogen-bond donors (Lipinski definition) is 2. The Morgan fingerprint density at radius 1 is 1.25 bits per heavy atom. The quantitative estimate of drug-likeness (QED) is 0.899. The van der Waals surface area contributed by atoms with Crippen LogP contribution in [0.15, 0.2) is 22.0 Å². The average molecular weight is 295 g/mol. The summed E-state index contributed by atoms with van der Waals surface area (Å²) in [7, 11) is -3.53. The van der Waals surface area contributed by atoms with Crippen molar-refractivity contribution in [3.8, 4) is 0 Å². The number of nitrogens with zero attached hydrogens (tertiary/aromatic N) is 1. The van der Waals surface area contributed by atoms with Gasteiger partial charge in [-0.15, -0.1) is 0 Å². The minimum absolute atomic E-state index is 0.308. The van der Waals surface area contributed by atoms with E-state index in [4.69, 9.17) is 0 Å². The van der Waals surface area contributed by atoms with Crippen molar-refractivity contribution in [1.29, 1.82) is 0 Å². The van der Waals surface area contributed by atoms with Crippen LogP contribution in [0.5, 0.6) is 0 Å². The van der Waals surface area contributed by atoms with Gasteiger partial charge in [-0.05, 0) is 43.4 Å². The highest BCUT2D eigenvalue weighted by Crippen LogP contribution is 2.29. The molecule has 1 aliphatic rings. The van der Waals surface area contributed by atoms with Crippen molar-refractivity contribution in [1.82, 2.24) is 4.72 Å². The van der Waals surface area contributed by atoms with Crippen LogP contribution in [0.25, 0.3) is 0 Å². The molecule has 0 saturated heterocycles. The number of nitrogens with one attached hydrogen (secondary N) is 2. The fraction of sp³-hybridized carbons (Fsp3) is 0.500. The molecular formula is C14H21N3O2S. The van der Waals surface area contributed by atoms with Gasteiger partial charge in [-0.3, -0.25) is 4.99 Å². The van der Waals surface area contributed by atoms with E-state index in [9.17, 15) is 8.42 Å². The van der Waals surface area contributed by atoms with Gasteiger partial charge >= 0.3 is 0 Å². The van der Waals surface area contributed by atoms with Crippen molar-refractivity contribution in [3.63, 3.8) is 0 Å². The lowest BCUT2D eigenvalue weighted by molar-refractivity contribution is 0.588. The lowest BCUT2D eigenvalue weighted by Crippen LogP contribution is -2.41. The van der Waals surface area contributed by atoms with E-state index in [-0.39, 0.29) is 0 Å². The second kappa shape index (κ2) is 5.44. The monoisotopic (exact) mass is 295 g/mol. The zero-order valence-electron chi connectivity index (χ0n) is 12.3. The number of sulfonamides is 1. The van der Waals surface area contributed by atoms with E-state index in [1.807, 2.05) is 19.1 Å². The molecule has 1 aliphatic heterocycles. The first-order valence-electron chi connectivity index (χ1n) is 6.75. The standard InChI is InChI=1S/C14H21N3O2S/c1-9(2)5-6-15-14-16-12-8-10(3)7-11(4)13(12)20(18,19)17-14/h7-9H,5-6H2,1-4H3,(H2,15,16,17). The topological polar surface area (TPSA) is 70.6 Å². The second-order valence-electron chi connectivity index (χ2n) is 5.60. The molecule has 0 amide bonds. The van der Waals surface area contributed by atoms with Gasteiger partial charge in [0.2, 0.25) is 5.96 Å². The minimum atomic E-state index is -3.53. The fourth-order valence-electron chi connectivity index (χ4n) is 2.24. The molecule has 20 heavy (non-hydrogen) atoms. The number of aliphatic imine (C=N–C) groups is 1. The van der Waals surface area contributed by atoms with Crippen LogP contribution in [0, 0.1) is 19.8 Å². The highest BCUT2D eigenvalue weighted by Gasteiger charge is 2.28. The van der Waals surface area contributed by atoms with E-state index < -0.39 is 10.0 Å². The maximum atomic E-state index is 12.3. The molecule has 0 saturated carbocycles. The number of guanidine groups is 1. The first-order chi connectivity index (χ1) is 9.29. The summed E-state index contributed by atoms with van der Waals surface area (Å²) in [6.07, 6.45) is 0.923. The third kappa shape index (κ3) is 3.12. The molecular weight excluding hydrogens is 274 g/mol. The SMILES string of the molecule is Cc1cc(C)c2c(c1)NC(=NCCC(C)C)NS2(=O)=O. The maximum Gasteiger partial charge on any atom is 0.266 e. The molecule has 0 aromatic heterocycles. The third-order valence-electron chi connectivity index (χ3n) is 3.15. The van der Waals surface area contributed by atoms with E-state index in [0.29, 0.717) is 29.0 Å². The molecule has 5 nitrogen and oxygen atoms in total. The van der Waals surface area contributed by atoms with Crippen LogP contribution >= 0.6 is 0 Å². The molecule has 1 aromatic carbocycles. The largest absolute Gasteiger partial charge is 0.324 e. The summed E-state index contributed by atoms with van der Waals surface area (Å²) in [4.78, 5) is 4.60. The molecule has 0 fully saturated rings. The number of fused-ring (bicyclic) bond motifs is 1. The molecule has 1 heterocycles. The van der Waals surface area contributed by atoms with Crippen molar-refractivity contribution < 1.29 is 8.42 Å². The van der Waals surface area contributed by atoms with Gasteiger partial charge in [0.15, 0.2) is 0 Å². The molecule has 2 N–H and O–H groups in total. The Labute approximate surface area is 120 Å². The molecule has 0 bridgehead atoms. The van der Waals surface area contributed by atoms with E-state index >= 15 is 0 Å². The summed E-state index contributed by atoms with van der Waals surface area (Å²) >= 11 is 0. The number of aryl methyl sites for hydroxylation is 2. The maximum absolute atomic E-state index is 12.3. The molecule has 0 unspecified atom stereocenters. The van der Waals surface area contributed by atoms with Crippen LogP contribution in [0.1, 0.15) is 31.4 Å². The van der Waals surface area contributed by atoms with E-state index in [2.05, 4.69) is 28.9 Å². The summed E-state index contributed by atoms with van der Waals surface area (Å²) in [6.45, 7) is 8.57. The van der Waals surface area contributed by atoms with Crippen LogP contribution in [0.4, 0.5) is 5.69 Å². The minimum Gasteiger partial charge on any atom is -0.324 e. The molecule has 1 aromatic rings. The Kier molecular flexibility index (Phi) is 4.04. The first-order valence-corrected chi connectivity index (χ1v) is 8.23. The van der Waals surface area contributed by atoms with Crippen LogP contribution in [0.3, 0.4) is 0 Å². The number of anilines is 1. The molecule has 0 spiro atoms. The van der Waals surface area contributed by atoms with Crippen LogP contribution in [-0.2, 0) is 10.0 Å². The van der Waals surface area contributed by atoms with Crippen molar-refractivity contribution in [2.45, 2.75) is 39.0 Å². The van der Waals surface area contributed by atoms with Gasteiger partial charge in [-0.1, -0.05) is 19.9 Å². The van der Waals surface area contributed by atoms with Crippen molar-refractivity contribution in [2.75, 3.05) is 11.9 Å². The van der Waals surface area contributed by atoms with Gasteiger partial charge in [0, 0.05) is 6.54 Å². The third-order valence-corrected chi connectivity index (χ3v) is 4.69. The van der Waals surface area contributed by atoms with Gasteiger partial charge in [-0.2, -0.15) is 0 Å². The van der Waals surface area contributed by atoms with Crippen molar-refractivity contribution >= 4 is 21.7 Å². The van der Waals surface area contributed by atoms with Gasteiger partial charge in [0.1, 0.15) is 4.90 Å². The first kappa shape index (κ1) is 14.8. The molecule has 6 heteroatoms. The predicted molar refractivity (Wildman–Crippen MR) is 81.6 cm³/mol. The van der Waals surface area contributed by atoms with Gasteiger partial charge in [-0.25, -0.2) is 13.1 Å². The second-order valence-corrected chi connectivity index (χ2v) is 7.22. The lowest BCUT2D eigenvalue weighted by atomic mass is 10.1. The molecule has 2 rings (SSSR count). The zero-order valence-corrected chi connectivity index (χ0v) is 13.1. The summed E-state index contributed by atoms with van der Waals surface area (Å²) in [6, 6.07) is 3.69. The van der Waals surface area contributed by atoms with Gasteiger partial charge in [0.25, 0.3) is 10.0 Å². The van der Waals surface area contributed by atoms with Gasteiger partial charge in [0.05, 0.1) is 5.69 Å². The van der Waals surface area contributed by atoms with Crippen molar-refractivity contribution in [2.24, 2.45) is 10.9 Å². The van der Waals surface area contributed by atoms with E-state index in [1.54, 1.807) is 6.92 Å². The van der Waals surface area contributed by atoms with Crippen LogP contribution in [0.2, 0.25) is 0 Å². The van der Waals surface area contributed by atoms with Crippen molar-refractivity contribution in [3.05, 3.63) is 23.3 Å². The Hall–Kier alpha value is -1.56. The zero-order chi connectivity index (χ0) is 14.9. The summed E-state index contributed by atoms with van der Waals surface area (Å²) < 4.78 is 27.1. The summed E-state index contributed by atoms with van der Waals surface area (Å²) in [5, 5.41) is 3.07. The Morgan fingerprint density at radius 3 is 2.60 bits per heavy atom. The highest BCUT2D eigenvalue weighted by atomic mass is 32.2. The number of hydrogen-bond acceptors (Lipinski definition) is 3. The van der Waals surface area contributed by atoms with Crippen LogP contribution < -0.4 is 10.0 Å². The Bertz CT molecular complexity index is 649. The summed E-state index contributed by atoms with van der Waals surface area (Å²) in [5.41, 5.74) is 2.36. The number of benzene rings is 1. The van der Waals surface area contributed by atoms with Gasteiger partial charge < -0.3 is 5.32 Å². The smallest absolute Gasteiger partial charge is 0.266 e. The van der Waals surface area contributed by atoms with Crippen LogP contribution in [-0.4, -0.2) is 20.9 Å². The normalized spacial score (nSPS) is 18.6. The van der Waals surface area contributed by atoms with E-state index in [0.717, 1.165) is 17.5 Å². The molecule has 110 valence electrons. The number of rotatable bonds is 3. The predicted octanol–water partition coefficient (Wildman–Crippen LogP) is 2.41. The Morgan fingerprint density at radius 2 is 1.95 bits per heavy atom. The highest BCUT2D eigenvalue weighted by molar-refractivity contribution is 7.90. The average Bonchev–Trinajstić information content (AvgIpc) is 2.24. The Balaban J connectivity index is 2.35. The van der Waals surface area contributed by atoms with E-state index in [1.165, 1.54) is 0 Å². The molecule has 0 radical (unpaired) electrons. The lowest BCUT2D eigenvalue weighted by Gasteiger charge is -2.23. The molecule has 0 atom stereocenters.